The van der Waals surface area contributed by atoms with E-state index >= 15 is 0 Å². The first-order chi connectivity index (χ1) is 11.6. The van der Waals surface area contributed by atoms with E-state index in [0.717, 1.165) is 38.6 Å². The molecule has 4 nitrogen and oxygen atoms in total. The molecule has 0 spiro atoms. The van der Waals surface area contributed by atoms with Gasteiger partial charge in [0.1, 0.15) is 0 Å². The SMILES string of the molecule is C[C@]1(C(=O)N[C@H]2CC=CCC2)CCCN(C(=O)c2ccccc2)C1. The molecule has 0 aromatic heterocycles. The minimum atomic E-state index is -0.496. The van der Waals surface area contributed by atoms with Gasteiger partial charge in [0.25, 0.3) is 5.91 Å². The Morgan fingerprint density at radius 1 is 1.21 bits per heavy atom. The zero-order valence-corrected chi connectivity index (χ0v) is 14.3. The molecule has 128 valence electrons. The Labute approximate surface area is 143 Å². The van der Waals surface area contributed by atoms with Crippen molar-refractivity contribution in [3.63, 3.8) is 0 Å². The zero-order chi connectivity index (χ0) is 17.0. The lowest BCUT2D eigenvalue weighted by atomic mass is 9.80. The van der Waals surface area contributed by atoms with E-state index < -0.39 is 5.41 Å². The number of nitrogens with one attached hydrogen (secondary N) is 1. The molecule has 1 heterocycles. The lowest BCUT2D eigenvalue weighted by molar-refractivity contribution is -0.133. The molecule has 2 aliphatic rings. The number of carbonyl (C=O) groups excluding carboxylic acids is 2. The summed E-state index contributed by atoms with van der Waals surface area (Å²) in [5.74, 6) is 0.114. The molecule has 2 amide bonds. The van der Waals surface area contributed by atoms with Gasteiger partial charge in [-0.1, -0.05) is 30.4 Å². The highest BCUT2D eigenvalue weighted by atomic mass is 16.2. The molecule has 1 saturated heterocycles. The highest BCUT2D eigenvalue weighted by Gasteiger charge is 2.40. The number of hydrogen-bond donors (Lipinski definition) is 1. The Morgan fingerprint density at radius 2 is 2.00 bits per heavy atom. The van der Waals surface area contributed by atoms with Gasteiger partial charge in [-0.25, -0.2) is 0 Å². The molecule has 2 atom stereocenters. The summed E-state index contributed by atoms with van der Waals surface area (Å²) in [6.07, 6.45) is 8.96. The van der Waals surface area contributed by atoms with Gasteiger partial charge in [-0.05, 0) is 51.2 Å². The largest absolute Gasteiger partial charge is 0.353 e. The van der Waals surface area contributed by atoms with Crippen LogP contribution >= 0.6 is 0 Å². The second-order valence-electron chi connectivity index (χ2n) is 7.21. The molecular weight excluding hydrogens is 300 g/mol. The number of nitrogens with zero attached hydrogens (tertiary/aromatic N) is 1. The van der Waals surface area contributed by atoms with Gasteiger partial charge in [0.2, 0.25) is 5.91 Å². The minimum absolute atomic E-state index is 0.0231. The molecule has 1 aromatic rings. The second-order valence-corrected chi connectivity index (χ2v) is 7.21. The fourth-order valence-electron chi connectivity index (χ4n) is 3.65. The molecule has 4 heteroatoms. The summed E-state index contributed by atoms with van der Waals surface area (Å²) in [6.45, 7) is 3.21. The number of rotatable bonds is 3. The molecule has 24 heavy (non-hydrogen) atoms. The maximum absolute atomic E-state index is 12.8. The van der Waals surface area contributed by atoms with Crippen LogP contribution in [0.4, 0.5) is 0 Å². The van der Waals surface area contributed by atoms with Gasteiger partial charge < -0.3 is 10.2 Å². The molecule has 1 aromatic carbocycles. The van der Waals surface area contributed by atoms with Gasteiger partial charge >= 0.3 is 0 Å². The Balaban J connectivity index is 1.66. The third-order valence-corrected chi connectivity index (χ3v) is 5.16. The molecular formula is C20H26N2O2. The van der Waals surface area contributed by atoms with Gasteiger partial charge in [0.05, 0.1) is 5.41 Å². The van der Waals surface area contributed by atoms with E-state index in [1.165, 1.54) is 0 Å². The second kappa shape index (κ2) is 7.20. The maximum atomic E-state index is 12.8. The summed E-state index contributed by atoms with van der Waals surface area (Å²) in [5, 5.41) is 3.20. The van der Waals surface area contributed by atoms with Crippen molar-refractivity contribution in [1.82, 2.24) is 10.2 Å². The van der Waals surface area contributed by atoms with Crippen LogP contribution in [0.15, 0.2) is 42.5 Å². The highest BCUT2D eigenvalue weighted by Crippen LogP contribution is 2.31. The van der Waals surface area contributed by atoms with E-state index in [4.69, 9.17) is 0 Å². The van der Waals surface area contributed by atoms with Gasteiger partial charge in [-0.15, -0.1) is 0 Å². The average molecular weight is 326 g/mol. The van der Waals surface area contributed by atoms with Crippen LogP contribution in [0.5, 0.6) is 0 Å². The van der Waals surface area contributed by atoms with Crippen LogP contribution in [-0.4, -0.2) is 35.8 Å². The zero-order valence-electron chi connectivity index (χ0n) is 14.3. The summed E-state index contributed by atoms with van der Waals surface area (Å²) < 4.78 is 0. The molecule has 0 unspecified atom stereocenters. The summed E-state index contributed by atoms with van der Waals surface area (Å²) in [5.41, 5.74) is 0.198. The number of allylic oxidation sites excluding steroid dienone is 1. The van der Waals surface area contributed by atoms with E-state index in [9.17, 15) is 9.59 Å². The first-order valence-electron chi connectivity index (χ1n) is 8.89. The van der Waals surface area contributed by atoms with Crippen molar-refractivity contribution in [3.8, 4) is 0 Å². The Hall–Kier alpha value is -2.10. The summed E-state index contributed by atoms with van der Waals surface area (Å²) in [6, 6.07) is 9.56. The molecule has 0 bridgehead atoms. The van der Waals surface area contributed by atoms with Crippen molar-refractivity contribution in [2.75, 3.05) is 13.1 Å². The first kappa shape index (κ1) is 16.7. The van der Waals surface area contributed by atoms with E-state index in [-0.39, 0.29) is 17.9 Å². The standard InChI is InChI=1S/C20H26N2O2/c1-20(19(24)21-17-11-6-3-7-12-17)13-8-14-22(15-20)18(23)16-9-4-2-5-10-16/h2-6,9-10,17H,7-8,11-15H2,1H3,(H,21,24)/t17-,20-/m0/s1. The maximum Gasteiger partial charge on any atom is 0.253 e. The summed E-state index contributed by atoms with van der Waals surface area (Å²) >= 11 is 0. The Kier molecular flexibility index (Phi) is 5.03. The van der Waals surface area contributed by atoms with Crippen molar-refractivity contribution in [3.05, 3.63) is 48.0 Å². The monoisotopic (exact) mass is 326 g/mol. The number of piperidine rings is 1. The number of benzene rings is 1. The molecule has 1 aliphatic carbocycles. The fourth-order valence-corrected chi connectivity index (χ4v) is 3.65. The minimum Gasteiger partial charge on any atom is -0.353 e. The Bertz CT molecular complexity index is 626. The van der Waals surface area contributed by atoms with Gasteiger partial charge in [0.15, 0.2) is 0 Å². The van der Waals surface area contributed by atoms with Crippen LogP contribution in [0.2, 0.25) is 0 Å². The van der Waals surface area contributed by atoms with Crippen molar-refractivity contribution in [2.24, 2.45) is 5.41 Å². The van der Waals surface area contributed by atoms with E-state index in [2.05, 4.69) is 17.5 Å². The van der Waals surface area contributed by atoms with Gasteiger partial charge in [-0.2, -0.15) is 0 Å². The van der Waals surface area contributed by atoms with Crippen LogP contribution in [0.1, 0.15) is 49.4 Å². The molecule has 0 saturated carbocycles. The van der Waals surface area contributed by atoms with Gasteiger partial charge in [0, 0.05) is 24.7 Å². The molecule has 1 aliphatic heterocycles. The quantitative estimate of drug-likeness (QED) is 0.868. The van der Waals surface area contributed by atoms with Crippen LogP contribution in [-0.2, 0) is 4.79 Å². The third-order valence-electron chi connectivity index (χ3n) is 5.16. The first-order valence-corrected chi connectivity index (χ1v) is 8.89. The van der Waals surface area contributed by atoms with Gasteiger partial charge in [-0.3, -0.25) is 9.59 Å². The molecule has 1 N–H and O–H groups in total. The van der Waals surface area contributed by atoms with Crippen molar-refractivity contribution < 1.29 is 9.59 Å². The predicted octanol–water partition coefficient (Wildman–Crippen LogP) is 3.15. The Morgan fingerprint density at radius 3 is 2.71 bits per heavy atom. The lowest BCUT2D eigenvalue weighted by Crippen LogP contribution is -2.53. The lowest BCUT2D eigenvalue weighted by Gasteiger charge is -2.40. The molecule has 1 fully saturated rings. The van der Waals surface area contributed by atoms with Crippen LogP contribution in [0, 0.1) is 5.41 Å². The molecule has 0 radical (unpaired) electrons. The van der Waals surface area contributed by atoms with Crippen LogP contribution in [0.25, 0.3) is 0 Å². The van der Waals surface area contributed by atoms with Crippen molar-refractivity contribution in [1.29, 1.82) is 0 Å². The van der Waals surface area contributed by atoms with E-state index in [1.54, 1.807) is 0 Å². The smallest absolute Gasteiger partial charge is 0.253 e. The number of amides is 2. The fraction of sp³-hybridized carbons (Fsp3) is 0.500. The number of likely N-dealkylation sites (tertiary alicyclic amines) is 1. The van der Waals surface area contributed by atoms with Crippen molar-refractivity contribution in [2.45, 2.75) is 45.1 Å². The topological polar surface area (TPSA) is 49.4 Å². The third kappa shape index (κ3) is 3.69. The van der Waals surface area contributed by atoms with E-state index in [0.29, 0.717) is 12.1 Å². The van der Waals surface area contributed by atoms with E-state index in [1.807, 2.05) is 42.2 Å². The van der Waals surface area contributed by atoms with Crippen LogP contribution in [0.3, 0.4) is 0 Å². The number of hydrogen-bond acceptors (Lipinski definition) is 2. The molecule has 3 rings (SSSR count). The normalized spacial score (nSPS) is 26.9. The van der Waals surface area contributed by atoms with Crippen LogP contribution < -0.4 is 5.32 Å². The highest BCUT2D eigenvalue weighted by molar-refractivity contribution is 5.95. The average Bonchev–Trinajstić information content (AvgIpc) is 2.63. The predicted molar refractivity (Wildman–Crippen MR) is 94.6 cm³/mol. The summed E-state index contributed by atoms with van der Waals surface area (Å²) in [7, 11) is 0. The number of carbonyl (C=O) groups is 2. The summed E-state index contributed by atoms with van der Waals surface area (Å²) in [4.78, 5) is 27.3. The van der Waals surface area contributed by atoms with Crippen molar-refractivity contribution >= 4 is 11.8 Å².